The summed E-state index contributed by atoms with van der Waals surface area (Å²) in [6.07, 6.45) is 8.02. The number of hydrogen-bond acceptors (Lipinski definition) is 2. The van der Waals surface area contributed by atoms with Gasteiger partial charge in [0.05, 0.1) is 5.41 Å². The quantitative estimate of drug-likeness (QED) is 0.684. The molecule has 21 heavy (non-hydrogen) atoms. The molecular weight excluding hydrogens is 284 g/mol. The Morgan fingerprint density at radius 3 is 2.38 bits per heavy atom. The monoisotopic (exact) mass is 306 g/mol. The van der Waals surface area contributed by atoms with E-state index in [4.69, 9.17) is 5.73 Å². The zero-order valence-corrected chi connectivity index (χ0v) is 13.1. The first-order valence-electron chi connectivity index (χ1n) is 7.31. The zero-order chi connectivity index (χ0) is 15.3. The smallest absolute Gasteiger partial charge is 0.277 e. The van der Waals surface area contributed by atoms with Crippen molar-refractivity contribution in [2.24, 2.45) is 10.1 Å². The summed E-state index contributed by atoms with van der Waals surface area (Å²) in [6.45, 7) is 1.45. The third-order valence-electron chi connectivity index (χ3n) is 3.72. The number of hydrogen-bond donors (Lipinski definition) is 1. The van der Waals surface area contributed by atoms with Crippen molar-refractivity contribution in [2.75, 3.05) is 0 Å². The van der Waals surface area contributed by atoms with E-state index in [0.717, 1.165) is 11.0 Å². The van der Waals surface area contributed by atoms with Crippen molar-refractivity contribution < 1.29 is 8.42 Å². The normalized spacial score (nSPS) is 18.2. The van der Waals surface area contributed by atoms with Crippen LogP contribution in [0.15, 0.2) is 34.1 Å². The highest BCUT2D eigenvalue weighted by atomic mass is 32.2. The van der Waals surface area contributed by atoms with Crippen molar-refractivity contribution in [1.29, 1.82) is 0 Å². The Hall–Kier alpha value is -1.62. The summed E-state index contributed by atoms with van der Waals surface area (Å²) in [5.74, 6) is 0.692. The van der Waals surface area contributed by atoms with Crippen molar-refractivity contribution >= 4 is 21.9 Å². The van der Waals surface area contributed by atoms with Gasteiger partial charge in [-0.05, 0) is 42.9 Å². The summed E-state index contributed by atoms with van der Waals surface area (Å²) in [5.41, 5.74) is 7.49. The fourth-order valence-corrected chi connectivity index (χ4v) is 3.50. The van der Waals surface area contributed by atoms with Crippen molar-refractivity contribution in [3.05, 3.63) is 40.8 Å². The van der Waals surface area contributed by atoms with Crippen LogP contribution in [0.2, 0.25) is 0 Å². The Bertz CT molecular complexity index is 621. The van der Waals surface area contributed by atoms with E-state index in [1.165, 1.54) is 44.6 Å². The fourth-order valence-electron chi connectivity index (χ4n) is 2.71. The van der Waals surface area contributed by atoms with E-state index in [9.17, 15) is 8.42 Å². The molecule has 4 nitrogen and oxygen atoms in total. The third kappa shape index (κ3) is 5.01. The fraction of sp³-hybridized carbons (Fsp3) is 0.438. The molecule has 114 valence electrons. The Morgan fingerprint density at radius 2 is 1.81 bits per heavy atom. The standard InChI is InChI=1S/C16H22N2O2S/c1-13(17)18-21(19,20)12-11-14-7-9-16(10-8-14)15-5-3-2-4-6-15/h7-12,15H,2-6H2,1H3,(H2,17,18)/b12-11+. The van der Waals surface area contributed by atoms with Crippen molar-refractivity contribution in [3.63, 3.8) is 0 Å². The number of nitrogens with two attached hydrogens (primary N) is 1. The highest BCUT2D eigenvalue weighted by molar-refractivity contribution is 7.93. The Kier molecular flexibility index (Phi) is 5.17. The molecule has 5 heteroatoms. The Labute approximate surface area is 126 Å². The van der Waals surface area contributed by atoms with Gasteiger partial charge in [-0.1, -0.05) is 43.5 Å². The number of rotatable bonds is 4. The van der Waals surface area contributed by atoms with Gasteiger partial charge >= 0.3 is 0 Å². The van der Waals surface area contributed by atoms with Gasteiger partial charge in [0.1, 0.15) is 5.84 Å². The van der Waals surface area contributed by atoms with Gasteiger partial charge in [0.15, 0.2) is 0 Å². The molecule has 0 amide bonds. The number of sulfonamides is 1. The van der Waals surface area contributed by atoms with Crippen molar-refractivity contribution in [1.82, 2.24) is 0 Å². The first-order valence-corrected chi connectivity index (χ1v) is 8.82. The summed E-state index contributed by atoms with van der Waals surface area (Å²) in [7, 11) is -3.63. The summed E-state index contributed by atoms with van der Waals surface area (Å²) in [4.78, 5) is 0. The van der Waals surface area contributed by atoms with E-state index in [1.54, 1.807) is 6.08 Å². The van der Waals surface area contributed by atoms with Gasteiger partial charge in [-0.15, -0.1) is 4.40 Å². The molecule has 0 spiro atoms. The maximum atomic E-state index is 11.6. The van der Waals surface area contributed by atoms with E-state index >= 15 is 0 Å². The molecule has 1 saturated carbocycles. The lowest BCUT2D eigenvalue weighted by atomic mass is 9.84. The average molecular weight is 306 g/mol. The maximum Gasteiger partial charge on any atom is 0.277 e. The molecular formula is C16H22N2O2S. The number of amidine groups is 1. The Morgan fingerprint density at radius 1 is 1.19 bits per heavy atom. The van der Waals surface area contributed by atoms with Crippen LogP contribution in [0.1, 0.15) is 56.1 Å². The number of benzene rings is 1. The molecule has 0 atom stereocenters. The molecule has 0 saturated heterocycles. The first kappa shape index (κ1) is 15.8. The largest absolute Gasteiger partial charge is 0.387 e. The van der Waals surface area contributed by atoms with E-state index in [0.29, 0.717) is 5.92 Å². The molecule has 1 aromatic rings. The average Bonchev–Trinajstić information content (AvgIpc) is 2.45. The predicted octanol–water partition coefficient (Wildman–Crippen LogP) is 3.41. The van der Waals surface area contributed by atoms with Crippen LogP contribution in [-0.2, 0) is 10.0 Å². The lowest BCUT2D eigenvalue weighted by Gasteiger charge is -2.21. The zero-order valence-electron chi connectivity index (χ0n) is 12.3. The third-order valence-corrected chi connectivity index (χ3v) is 4.74. The van der Waals surface area contributed by atoms with Crippen LogP contribution in [0.25, 0.3) is 6.08 Å². The van der Waals surface area contributed by atoms with Gasteiger partial charge in [0.2, 0.25) is 0 Å². The van der Waals surface area contributed by atoms with Gasteiger partial charge in [0, 0.05) is 0 Å². The molecule has 1 aliphatic rings. The predicted molar refractivity (Wildman–Crippen MR) is 87.5 cm³/mol. The molecule has 2 rings (SSSR count). The lowest BCUT2D eigenvalue weighted by Crippen LogP contribution is -2.08. The lowest BCUT2D eigenvalue weighted by molar-refractivity contribution is 0.443. The molecule has 1 aliphatic carbocycles. The van der Waals surface area contributed by atoms with Crippen LogP contribution >= 0.6 is 0 Å². The molecule has 1 fully saturated rings. The van der Waals surface area contributed by atoms with Crippen molar-refractivity contribution in [2.45, 2.75) is 44.9 Å². The van der Waals surface area contributed by atoms with Gasteiger partial charge in [-0.3, -0.25) is 0 Å². The summed E-state index contributed by atoms with van der Waals surface area (Å²) >= 11 is 0. The Balaban J connectivity index is 2.07. The second-order valence-electron chi connectivity index (χ2n) is 5.55. The molecule has 2 N–H and O–H groups in total. The van der Waals surface area contributed by atoms with Crippen LogP contribution in [0.3, 0.4) is 0 Å². The van der Waals surface area contributed by atoms with Gasteiger partial charge in [0.25, 0.3) is 10.0 Å². The molecule has 0 heterocycles. The molecule has 0 aliphatic heterocycles. The van der Waals surface area contributed by atoms with Crippen LogP contribution in [0.4, 0.5) is 0 Å². The van der Waals surface area contributed by atoms with Crippen LogP contribution < -0.4 is 5.73 Å². The molecule has 0 unspecified atom stereocenters. The van der Waals surface area contributed by atoms with E-state index in [-0.39, 0.29) is 5.84 Å². The second-order valence-corrected chi connectivity index (χ2v) is 7.04. The minimum absolute atomic E-state index is 0.0345. The first-order chi connectivity index (χ1) is 9.96. The second kappa shape index (κ2) is 6.89. The molecule has 0 aromatic heterocycles. The SMILES string of the molecule is C/C(N)=N/S(=O)(=O)/C=C/c1ccc(C2CCCCC2)cc1. The topological polar surface area (TPSA) is 72.5 Å². The summed E-state index contributed by atoms with van der Waals surface area (Å²) in [6, 6.07) is 8.10. The van der Waals surface area contributed by atoms with Crippen LogP contribution in [0.5, 0.6) is 0 Å². The highest BCUT2D eigenvalue weighted by Gasteiger charge is 2.14. The maximum absolute atomic E-state index is 11.6. The van der Waals surface area contributed by atoms with E-state index in [2.05, 4.69) is 16.5 Å². The molecule has 0 radical (unpaired) electrons. The highest BCUT2D eigenvalue weighted by Crippen LogP contribution is 2.32. The van der Waals surface area contributed by atoms with Gasteiger partial charge in [-0.2, -0.15) is 8.42 Å². The van der Waals surface area contributed by atoms with Crippen LogP contribution in [-0.4, -0.2) is 14.3 Å². The van der Waals surface area contributed by atoms with E-state index in [1.807, 2.05) is 12.1 Å². The van der Waals surface area contributed by atoms with Crippen molar-refractivity contribution in [3.8, 4) is 0 Å². The number of nitrogens with zero attached hydrogens (tertiary/aromatic N) is 1. The summed E-state index contributed by atoms with van der Waals surface area (Å²) in [5, 5.41) is 1.08. The van der Waals surface area contributed by atoms with Gasteiger partial charge < -0.3 is 5.73 Å². The minimum atomic E-state index is -3.63. The molecule has 0 bridgehead atoms. The molecule has 1 aromatic carbocycles. The van der Waals surface area contributed by atoms with Crippen LogP contribution in [0, 0.1) is 0 Å². The minimum Gasteiger partial charge on any atom is -0.387 e. The van der Waals surface area contributed by atoms with Gasteiger partial charge in [-0.25, -0.2) is 0 Å². The summed E-state index contributed by atoms with van der Waals surface area (Å²) < 4.78 is 26.5. The van der Waals surface area contributed by atoms with E-state index < -0.39 is 10.0 Å².